The van der Waals surface area contributed by atoms with Gasteiger partial charge in [-0.15, -0.1) is 0 Å². The molecule has 6 nitrogen and oxygen atoms in total. The molecule has 1 fully saturated rings. The first kappa shape index (κ1) is 14.7. The van der Waals surface area contributed by atoms with Gasteiger partial charge in [0.1, 0.15) is 0 Å². The minimum Gasteiger partial charge on any atom is -0.478 e. The first-order chi connectivity index (χ1) is 9.47. The van der Waals surface area contributed by atoms with Crippen LogP contribution in [0.25, 0.3) is 6.08 Å². The first-order valence-electron chi connectivity index (χ1n) is 6.08. The van der Waals surface area contributed by atoms with Crippen molar-refractivity contribution >= 4 is 22.1 Å². The van der Waals surface area contributed by atoms with Gasteiger partial charge in [-0.3, -0.25) is 0 Å². The fraction of sp³-hybridized carbons (Fsp3) is 0.308. The summed E-state index contributed by atoms with van der Waals surface area (Å²) in [6, 6.07) is 5.81. The summed E-state index contributed by atoms with van der Waals surface area (Å²) >= 11 is 0. The minimum atomic E-state index is -3.56. The Morgan fingerprint density at radius 2 is 2.05 bits per heavy atom. The lowest BCUT2D eigenvalue weighted by Gasteiger charge is -2.11. The number of ether oxygens (including phenoxy) is 1. The molecule has 0 radical (unpaired) electrons. The Kier molecular flexibility index (Phi) is 4.53. The molecule has 1 aromatic rings. The number of hydrogen-bond acceptors (Lipinski definition) is 4. The normalized spacial score (nSPS) is 19.5. The monoisotopic (exact) mass is 297 g/mol. The van der Waals surface area contributed by atoms with Crippen LogP contribution in [0.4, 0.5) is 0 Å². The molecular weight excluding hydrogens is 282 g/mol. The zero-order valence-electron chi connectivity index (χ0n) is 10.7. The molecule has 0 aliphatic carbocycles. The first-order valence-corrected chi connectivity index (χ1v) is 7.57. The molecular formula is C13H15NO5S. The van der Waals surface area contributed by atoms with Gasteiger partial charge in [0.2, 0.25) is 10.0 Å². The number of aliphatic carboxylic acids is 1. The predicted octanol–water partition coefficient (Wildman–Crippen LogP) is 0.852. The Morgan fingerprint density at radius 3 is 2.60 bits per heavy atom. The summed E-state index contributed by atoms with van der Waals surface area (Å²) in [4.78, 5) is 10.5. The van der Waals surface area contributed by atoms with Gasteiger partial charge in [-0.05, 0) is 30.2 Å². The quantitative estimate of drug-likeness (QED) is 0.786. The third-order valence-electron chi connectivity index (χ3n) is 2.86. The van der Waals surface area contributed by atoms with E-state index in [0.717, 1.165) is 6.08 Å². The van der Waals surface area contributed by atoms with Gasteiger partial charge in [0.05, 0.1) is 11.5 Å². The van der Waals surface area contributed by atoms with E-state index in [0.29, 0.717) is 25.2 Å². The van der Waals surface area contributed by atoms with Crippen molar-refractivity contribution in [2.24, 2.45) is 0 Å². The lowest BCUT2D eigenvalue weighted by atomic mass is 10.2. The zero-order chi connectivity index (χ0) is 14.6. The van der Waals surface area contributed by atoms with Crippen LogP contribution in [0, 0.1) is 0 Å². The lowest BCUT2D eigenvalue weighted by molar-refractivity contribution is -0.131. The fourth-order valence-corrected chi connectivity index (χ4v) is 3.10. The molecule has 1 aliphatic rings. The maximum absolute atomic E-state index is 12.1. The van der Waals surface area contributed by atoms with Crippen LogP contribution in [-0.4, -0.2) is 38.7 Å². The van der Waals surface area contributed by atoms with Crippen LogP contribution < -0.4 is 4.72 Å². The highest BCUT2D eigenvalue weighted by molar-refractivity contribution is 7.89. The SMILES string of the molecule is O=C(O)/C=C/c1ccc(S(=O)(=O)NC2CCOC2)cc1. The maximum atomic E-state index is 12.1. The van der Waals surface area contributed by atoms with Crippen LogP contribution in [0.2, 0.25) is 0 Å². The third kappa shape index (κ3) is 3.89. The van der Waals surface area contributed by atoms with Crippen LogP contribution in [0.15, 0.2) is 35.2 Å². The molecule has 0 bridgehead atoms. The van der Waals surface area contributed by atoms with Gasteiger partial charge in [0.15, 0.2) is 0 Å². The lowest BCUT2D eigenvalue weighted by Crippen LogP contribution is -2.34. The van der Waals surface area contributed by atoms with E-state index in [2.05, 4.69) is 4.72 Å². The molecule has 20 heavy (non-hydrogen) atoms. The van der Waals surface area contributed by atoms with Gasteiger partial charge in [0.25, 0.3) is 0 Å². The zero-order valence-corrected chi connectivity index (χ0v) is 11.5. The molecule has 1 atom stereocenters. The number of benzene rings is 1. The largest absolute Gasteiger partial charge is 0.478 e. The number of carboxylic acids is 1. The summed E-state index contributed by atoms with van der Waals surface area (Å²) in [5.74, 6) is -1.05. The molecule has 1 unspecified atom stereocenters. The summed E-state index contributed by atoms with van der Waals surface area (Å²) in [5.41, 5.74) is 0.621. The summed E-state index contributed by atoms with van der Waals surface area (Å²) < 4.78 is 31.9. The van der Waals surface area contributed by atoms with E-state index in [1.165, 1.54) is 18.2 Å². The van der Waals surface area contributed by atoms with Crippen LogP contribution in [0.1, 0.15) is 12.0 Å². The standard InChI is InChI=1S/C13H15NO5S/c15-13(16)6-3-10-1-4-12(5-2-10)20(17,18)14-11-7-8-19-9-11/h1-6,11,14H,7-9H2,(H,15,16)/b6-3+. The van der Waals surface area contributed by atoms with Crippen molar-refractivity contribution in [2.45, 2.75) is 17.4 Å². The number of carbonyl (C=O) groups is 1. The smallest absolute Gasteiger partial charge is 0.328 e. The van der Waals surface area contributed by atoms with Gasteiger partial charge in [-0.1, -0.05) is 12.1 Å². The molecule has 7 heteroatoms. The molecule has 1 heterocycles. The molecule has 1 aliphatic heterocycles. The number of carboxylic acid groups (broad SMARTS) is 1. The summed E-state index contributed by atoms with van der Waals surface area (Å²) in [7, 11) is -3.56. The molecule has 0 aromatic heterocycles. The van der Waals surface area contributed by atoms with E-state index in [1.807, 2.05) is 0 Å². The summed E-state index contributed by atoms with van der Waals surface area (Å²) in [6.45, 7) is 0.949. The number of rotatable bonds is 5. The summed E-state index contributed by atoms with van der Waals surface area (Å²) in [5, 5.41) is 8.51. The van der Waals surface area contributed by atoms with E-state index in [1.54, 1.807) is 12.1 Å². The van der Waals surface area contributed by atoms with E-state index in [9.17, 15) is 13.2 Å². The Labute approximate surface area is 117 Å². The maximum Gasteiger partial charge on any atom is 0.328 e. The number of sulfonamides is 1. The average Bonchev–Trinajstić information content (AvgIpc) is 2.89. The topological polar surface area (TPSA) is 92.7 Å². The van der Waals surface area contributed by atoms with Gasteiger partial charge < -0.3 is 9.84 Å². The van der Waals surface area contributed by atoms with Crippen molar-refractivity contribution in [3.05, 3.63) is 35.9 Å². The number of hydrogen-bond donors (Lipinski definition) is 2. The van der Waals surface area contributed by atoms with E-state index >= 15 is 0 Å². The molecule has 2 N–H and O–H groups in total. The predicted molar refractivity (Wildman–Crippen MR) is 72.7 cm³/mol. The Hall–Kier alpha value is -1.70. The van der Waals surface area contributed by atoms with Crippen LogP contribution >= 0.6 is 0 Å². The van der Waals surface area contributed by atoms with Crippen molar-refractivity contribution < 1.29 is 23.1 Å². The Bertz CT molecular complexity index is 600. The average molecular weight is 297 g/mol. The highest BCUT2D eigenvalue weighted by atomic mass is 32.2. The molecule has 1 aromatic carbocycles. The van der Waals surface area contributed by atoms with Crippen LogP contribution in [0.3, 0.4) is 0 Å². The number of nitrogens with one attached hydrogen (secondary N) is 1. The third-order valence-corrected chi connectivity index (χ3v) is 4.40. The van der Waals surface area contributed by atoms with Crippen molar-refractivity contribution in [3.8, 4) is 0 Å². The van der Waals surface area contributed by atoms with Crippen LogP contribution in [0.5, 0.6) is 0 Å². The molecule has 0 spiro atoms. The molecule has 0 saturated carbocycles. The highest BCUT2D eigenvalue weighted by Crippen LogP contribution is 2.14. The van der Waals surface area contributed by atoms with E-state index < -0.39 is 16.0 Å². The van der Waals surface area contributed by atoms with Gasteiger partial charge in [-0.2, -0.15) is 0 Å². The van der Waals surface area contributed by atoms with Gasteiger partial charge >= 0.3 is 5.97 Å². The van der Waals surface area contributed by atoms with Gasteiger partial charge in [0, 0.05) is 18.7 Å². The summed E-state index contributed by atoms with van der Waals surface area (Å²) in [6.07, 6.45) is 3.06. The van der Waals surface area contributed by atoms with Gasteiger partial charge in [-0.25, -0.2) is 17.9 Å². The molecule has 108 valence electrons. The van der Waals surface area contributed by atoms with Crippen molar-refractivity contribution in [2.75, 3.05) is 13.2 Å². The van der Waals surface area contributed by atoms with Crippen molar-refractivity contribution in [1.29, 1.82) is 0 Å². The molecule has 2 rings (SSSR count). The second kappa shape index (κ2) is 6.17. The molecule has 1 saturated heterocycles. The fourth-order valence-electron chi connectivity index (χ4n) is 1.84. The minimum absolute atomic E-state index is 0.150. The second-order valence-corrected chi connectivity index (χ2v) is 6.14. The highest BCUT2D eigenvalue weighted by Gasteiger charge is 2.23. The van der Waals surface area contributed by atoms with Crippen molar-refractivity contribution in [1.82, 2.24) is 4.72 Å². The Balaban J connectivity index is 2.10. The Morgan fingerprint density at radius 1 is 1.35 bits per heavy atom. The molecule has 0 amide bonds. The van der Waals surface area contributed by atoms with E-state index in [4.69, 9.17) is 9.84 Å². The van der Waals surface area contributed by atoms with E-state index in [-0.39, 0.29) is 10.9 Å². The van der Waals surface area contributed by atoms with Crippen molar-refractivity contribution in [3.63, 3.8) is 0 Å². The second-order valence-electron chi connectivity index (χ2n) is 4.42. The van der Waals surface area contributed by atoms with Crippen LogP contribution in [-0.2, 0) is 19.6 Å².